The maximum atomic E-state index is 12.2. The molecule has 4 rings (SSSR count). The van der Waals surface area contributed by atoms with Crippen LogP contribution in [0.3, 0.4) is 0 Å². The molecule has 2 aliphatic rings. The van der Waals surface area contributed by atoms with Crippen LogP contribution in [0, 0.1) is 0 Å². The number of hydrogen-bond acceptors (Lipinski definition) is 5. The number of amides is 1. The summed E-state index contributed by atoms with van der Waals surface area (Å²) >= 11 is 0. The number of carbonyl (C=O) groups is 1. The molecule has 2 aromatic carbocycles. The lowest BCUT2D eigenvalue weighted by molar-refractivity contribution is -0.117. The van der Waals surface area contributed by atoms with E-state index >= 15 is 0 Å². The van der Waals surface area contributed by atoms with Gasteiger partial charge >= 0.3 is 0 Å². The lowest BCUT2D eigenvalue weighted by Gasteiger charge is -2.25. The summed E-state index contributed by atoms with van der Waals surface area (Å²) in [6.07, 6.45) is 3.68. The number of allylic oxidation sites excluding steroid dienone is 1. The highest BCUT2D eigenvalue weighted by atomic mass is 16.3. The Labute approximate surface area is 190 Å². The minimum absolute atomic E-state index is 0.0195. The number of phenols is 1. The Morgan fingerprint density at radius 1 is 1.09 bits per heavy atom. The summed E-state index contributed by atoms with van der Waals surface area (Å²) in [6.45, 7) is 6.72. The SMILES string of the molecule is C/C=C(\C)C(=O)NCCN1C2=NC[C@@H](Cc3ccccc3)N2C[C@H]1Cc1ccc(O)cc1. The molecule has 168 valence electrons. The lowest BCUT2D eigenvalue weighted by Crippen LogP contribution is -2.42. The molecule has 2 N–H and O–H groups in total. The number of guanidine groups is 1. The van der Waals surface area contributed by atoms with Crippen LogP contribution < -0.4 is 5.32 Å². The molecule has 6 nitrogen and oxygen atoms in total. The van der Waals surface area contributed by atoms with Gasteiger partial charge in [0.1, 0.15) is 5.75 Å². The molecule has 0 bridgehead atoms. The molecule has 0 saturated carbocycles. The molecule has 2 atom stereocenters. The van der Waals surface area contributed by atoms with Crippen LogP contribution in [0.4, 0.5) is 0 Å². The number of aromatic hydroxyl groups is 1. The lowest BCUT2D eigenvalue weighted by atomic mass is 10.0. The third-order valence-corrected chi connectivity index (χ3v) is 6.40. The molecular weight excluding hydrogens is 400 g/mol. The minimum atomic E-state index is -0.0195. The molecule has 0 aliphatic carbocycles. The molecule has 2 aromatic rings. The Morgan fingerprint density at radius 3 is 2.50 bits per heavy atom. The Balaban J connectivity index is 1.46. The Kier molecular flexibility index (Phi) is 6.78. The molecule has 0 radical (unpaired) electrons. The van der Waals surface area contributed by atoms with Crippen molar-refractivity contribution in [1.82, 2.24) is 15.1 Å². The van der Waals surface area contributed by atoms with Crippen LogP contribution >= 0.6 is 0 Å². The number of benzene rings is 2. The zero-order chi connectivity index (χ0) is 22.5. The van der Waals surface area contributed by atoms with Crippen LogP contribution in [-0.4, -0.2) is 65.0 Å². The molecule has 1 saturated heterocycles. The van der Waals surface area contributed by atoms with Gasteiger partial charge in [-0.15, -0.1) is 0 Å². The highest BCUT2D eigenvalue weighted by molar-refractivity contribution is 5.92. The second-order valence-electron chi connectivity index (χ2n) is 8.58. The van der Waals surface area contributed by atoms with Crippen molar-refractivity contribution in [1.29, 1.82) is 0 Å². The van der Waals surface area contributed by atoms with Crippen LogP contribution in [0.15, 0.2) is 71.2 Å². The standard InChI is InChI=1S/C26H32N4O2/c1-3-19(2)25(32)27-13-14-29-23(16-21-9-11-24(31)12-10-21)18-30-22(17-28-26(29)30)15-20-7-5-4-6-8-20/h3-12,22-23,31H,13-18H2,1-2H3,(H,27,32)/b19-3+/t22-,23-/m1/s1. The van der Waals surface area contributed by atoms with E-state index in [4.69, 9.17) is 4.99 Å². The van der Waals surface area contributed by atoms with Crippen LogP contribution in [0.25, 0.3) is 0 Å². The van der Waals surface area contributed by atoms with E-state index < -0.39 is 0 Å². The second kappa shape index (κ2) is 9.90. The first-order valence-corrected chi connectivity index (χ1v) is 11.4. The molecule has 1 fully saturated rings. The fraction of sp³-hybridized carbons (Fsp3) is 0.385. The summed E-state index contributed by atoms with van der Waals surface area (Å²) < 4.78 is 0. The molecule has 0 unspecified atom stereocenters. The first-order valence-electron chi connectivity index (χ1n) is 11.4. The monoisotopic (exact) mass is 432 g/mol. The van der Waals surface area contributed by atoms with Crippen molar-refractivity contribution in [3.63, 3.8) is 0 Å². The van der Waals surface area contributed by atoms with Crippen molar-refractivity contribution < 1.29 is 9.90 Å². The van der Waals surface area contributed by atoms with Crippen LogP contribution in [-0.2, 0) is 17.6 Å². The largest absolute Gasteiger partial charge is 0.508 e. The summed E-state index contributed by atoms with van der Waals surface area (Å²) in [5.41, 5.74) is 3.25. The molecule has 2 heterocycles. The zero-order valence-corrected chi connectivity index (χ0v) is 18.9. The second-order valence-corrected chi connectivity index (χ2v) is 8.58. The molecule has 32 heavy (non-hydrogen) atoms. The Morgan fingerprint density at radius 2 is 1.78 bits per heavy atom. The molecule has 2 aliphatic heterocycles. The average molecular weight is 433 g/mol. The number of phenolic OH excluding ortho intramolecular Hbond substituents is 1. The highest BCUT2D eigenvalue weighted by Crippen LogP contribution is 2.27. The van der Waals surface area contributed by atoms with Crippen molar-refractivity contribution >= 4 is 11.9 Å². The van der Waals surface area contributed by atoms with Gasteiger partial charge < -0.3 is 20.2 Å². The number of hydrogen-bond donors (Lipinski definition) is 2. The maximum Gasteiger partial charge on any atom is 0.246 e. The van der Waals surface area contributed by atoms with Crippen LogP contribution in [0.5, 0.6) is 5.75 Å². The highest BCUT2D eigenvalue weighted by Gasteiger charge is 2.41. The smallest absolute Gasteiger partial charge is 0.246 e. The van der Waals surface area contributed by atoms with Gasteiger partial charge in [-0.2, -0.15) is 0 Å². The Bertz CT molecular complexity index is 985. The van der Waals surface area contributed by atoms with Gasteiger partial charge in [0.2, 0.25) is 5.91 Å². The van der Waals surface area contributed by atoms with Gasteiger partial charge in [0.15, 0.2) is 5.96 Å². The third-order valence-electron chi connectivity index (χ3n) is 6.40. The van der Waals surface area contributed by atoms with Crippen LogP contribution in [0.1, 0.15) is 25.0 Å². The van der Waals surface area contributed by atoms with E-state index in [1.807, 2.05) is 32.1 Å². The summed E-state index contributed by atoms with van der Waals surface area (Å²) in [4.78, 5) is 21.9. The van der Waals surface area contributed by atoms with E-state index in [-0.39, 0.29) is 17.7 Å². The molecule has 1 amide bonds. The summed E-state index contributed by atoms with van der Waals surface area (Å²) in [5, 5.41) is 12.7. The quantitative estimate of drug-likeness (QED) is 0.630. The fourth-order valence-corrected chi connectivity index (χ4v) is 4.50. The number of carbonyl (C=O) groups excluding carboxylic acids is 1. The van der Waals surface area contributed by atoms with Crippen molar-refractivity contribution in [3.8, 4) is 5.75 Å². The predicted octanol–water partition coefficient (Wildman–Crippen LogP) is 2.98. The van der Waals surface area contributed by atoms with Gasteiger partial charge in [0.25, 0.3) is 0 Å². The zero-order valence-electron chi connectivity index (χ0n) is 18.9. The van der Waals surface area contributed by atoms with E-state index in [1.54, 1.807) is 12.1 Å². The van der Waals surface area contributed by atoms with Gasteiger partial charge in [-0.05, 0) is 49.9 Å². The van der Waals surface area contributed by atoms with E-state index in [0.29, 0.717) is 12.6 Å². The van der Waals surface area contributed by atoms with E-state index in [1.165, 1.54) is 11.1 Å². The topological polar surface area (TPSA) is 68.2 Å². The molecule has 0 spiro atoms. The van der Waals surface area contributed by atoms with Gasteiger partial charge in [0.05, 0.1) is 18.6 Å². The summed E-state index contributed by atoms with van der Waals surface area (Å²) in [7, 11) is 0. The molecule has 6 heteroatoms. The number of rotatable bonds is 8. The molecule has 0 aromatic heterocycles. The molecular formula is C26H32N4O2. The van der Waals surface area contributed by atoms with Crippen molar-refractivity contribution in [2.75, 3.05) is 26.2 Å². The normalized spacial score (nSPS) is 20.3. The number of nitrogens with zero attached hydrogens (tertiary/aromatic N) is 3. The van der Waals surface area contributed by atoms with Crippen molar-refractivity contribution in [2.24, 2.45) is 4.99 Å². The maximum absolute atomic E-state index is 12.2. The average Bonchev–Trinajstić information content (AvgIpc) is 3.35. The summed E-state index contributed by atoms with van der Waals surface area (Å²) in [5.74, 6) is 1.31. The fourth-order valence-electron chi connectivity index (χ4n) is 4.50. The van der Waals surface area contributed by atoms with Gasteiger partial charge in [-0.25, -0.2) is 0 Å². The number of nitrogens with one attached hydrogen (secondary N) is 1. The Hall–Kier alpha value is -3.28. The van der Waals surface area contributed by atoms with Crippen molar-refractivity contribution in [3.05, 3.63) is 77.4 Å². The van der Waals surface area contributed by atoms with Crippen LogP contribution in [0.2, 0.25) is 0 Å². The van der Waals surface area contributed by atoms with Gasteiger partial charge in [-0.3, -0.25) is 9.79 Å². The predicted molar refractivity (Wildman–Crippen MR) is 128 cm³/mol. The van der Waals surface area contributed by atoms with E-state index in [9.17, 15) is 9.90 Å². The number of fused-ring (bicyclic) bond motifs is 1. The minimum Gasteiger partial charge on any atom is -0.508 e. The third kappa shape index (κ3) is 4.96. The van der Waals surface area contributed by atoms with E-state index in [0.717, 1.165) is 44.0 Å². The first kappa shape index (κ1) is 21.9. The van der Waals surface area contributed by atoms with Gasteiger partial charge in [0, 0.05) is 25.2 Å². The first-order chi connectivity index (χ1) is 15.5. The number of aliphatic imine (C=N–C) groups is 1. The summed E-state index contributed by atoms with van der Waals surface area (Å²) in [6, 6.07) is 18.7. The van der Waals surface area contributed by atoms with E-state index in [2.05, 4.69) is 45.4 Å². The van der Waals surface area contributed by atoms with Gasteiger partial charge in [-0.1, -0.05) is 48.5 Å². The van der Waals surface area contributed by atoms with Crippen molar-refractivity contribution in [2.45, 2.75) is 38.8 Å².